The molecule has 1 unspecified atom stereocenters. The number of carbonyl (C=O) groups excluding carboxylic acids is 1. The van der Waals surface area contributed by atoms with Crippen molar-refractivity contribution in [2.24, 2.45) is 0 Å². The van der Waals surface area contributed by atoms with Gasteiger partial charge in [-0.05, 0) is 12.5 Å². The number of esters is 1. The van der Waals surface area contributed by atoms with Crippen LogP contribution in [0.1, 0.15) is 24.2 Å². The minimum atomic E-state index is -0.299. The lowest BCUT2D eigenvalue weighted by molar-refractivity contribution is -0.137. The molecule has 0 amide bonds. The molecule has 0 aliphatic heterocycles. The Bertz CT molecular complexity index is 598. The molecule has 2 aromatic rings. The lowest BCUT2D eigenvalue weighted by Crippen LogP contribution is -2.12. The van der Waals surface area contributed by atoms with Gasteiger partial charge in [0.1, 0.15) is 0 Å². The Morgan fingerprint density at radius 1 is 1.43 bits per heavy atom. The fraction of sp³-hybridized carbons (Fsp3) is 0.333. The molecule has 1 N–H and O–H groups in total. The van der Waals surface area contributed by atoms with Crippen molar-refractivity contribution in [1.82, 2.24) is 9.55 Å². The number of methoxy groups -OCH3 is 1. The van der Waals surface area contributed by atoms with Crippen LogP contribution >= 0.6 is 11.8 Å². The fourth-order valence-corrected chi connectivity index (χ4v) is 2.98. The van der Waals surface area contributed by atoms with Gasteiger partial charge >= 0.3 is 5.97 Å². The van der Waals surface area contributed by atoms with E-state index in [0.717, 1.165) is 11.3 Å². The SMILES string of the molecule is COC(=O)CSc1ncc(CO)n1C(C)c1ccccc1. The number of aliphatic hydroxyl groups excluding tert-OH is 1. The maximum atomic E-state index is 11.3. The number of rotatable bonds is 6. The van der Waals surface area contributed by atoms with E-state index in [0.29, 0.717) is 5.16 Å². The van der Waals surface area contributed by atoms with Gasteiger partial charge in [0.05, 0.1) is 37.4 Å². The van der Waals surface area contributed by atoms with E-state index < -0.39 is 0 Å². The zero-order chi connectivity index (χ0) is 15.2. The van der Waals surface area contributed by atoms with Crippen LogP contribution < -0.4 is 0 Å². The van der Waals surface area contributed by atoms with E-state index in [1.807, 2.05) is 41.8 Å². The van der Waals surface area contributed by atoms with Crippen molar-refractivity contribution in [3.05, 3.63) is 47.8 Å². The molecule has 5 nitrogen and oxygen atoms in total. The van der Waals surface area contributed by atoms with Crippen molar-refractivity contribution in [1.29, 1.82) is 0 Å². The molecule has 1 atom stereocenters. The van der Waals surface area contributed by atoms with E-state index >= 15 is 0 Å². The van der Waals surface area contributed by atoms with E-state index in [4.69, 9.17) is 0 Å². The Balaban J connectivity index is 2.28. The van der Waals surface area contributed by atoms with Gasteiger partial charge in [-0.3, -0.25) is 4.79 Å². The molecule has 0 saturated carbocycles. The first-order chi connectivity index (χ1) is 10.2. The Morgan fingerprint density at radius 2 is 2.14 bits per heavy atom. The Morgan fingerprint density at radius 3 is 2.76 bits per heavy atom. The number of aromatic nitrogens is 2. The summed E-state index contributed by atoms with van der Waals surface area (Å²) in [7, 11) is 1.36. The summed E-state index contributed by atoms with van der Waals surface area (Å²) in [4.78, 5) is 15.6. The monoisotopic (exact) mass is 306 g/mol. The van der Waals surface area contributed by atoms with Gasteiger partial charge < -0.3 is 14.4 Å². The van der Waals surface area contributed by atoms with E-state index in [-0.39, 0.29) is 24.4 Å². The number of aliphatic hydroxyl groups is 1. The molecule has 0 spiro atoms. The first-order valence-electron chi connectivity index (χ1n) is 6.59. The molecule has 0 aliphatic rings. The van der Waals surface area contributed by atoms with Crippen molar-refractivity contribution in [3.8, 4) is 0 Å². The van der Waals surface area contributed by atoms with Crippen LogP contribution in [0.15, 0.2) is 41.7 Å². The molecular formula is C15H18N2O3S. The van der Waals surface area contributed by atoms with Crippen molar-refractivity contribution in [2.75, 3.05) is 12.9 Å². The molecule has 0 fully saturated rings. The van der Waals surface area contributed by atoms with Crippen LogP contribution in [0.2, 0.25) is 0 Å². The average Bonchev–Trinajstić information content (AvgIpc) is 2.95. The topological polar surface area (TPSA) is 64.3 Å². The molecule has 0 radical (unpaired) electrons. The van der Waals surface area contributed by atoms with Crippen LogP contribution in [0.4, 0.5) is 0 Å². The van der Waals surface area contributed by atoms with Gasteiger partial charge in [0.15, 0.2) is 5.16 Å². The molecule has 0 bridgehead atoms. The lowest BCUT2D eigenvalue weighted by atomic mass is 10.1. The zero-order valence-electron chi connectivity index (χ0n) is 12.0. The second-order valence-electron chi connectivity index (χ2n) is 4.51. The third kappa shape index (κ3) is 3.65. The lowest BCUT2D eigenvalue weighted by Gasteiger charge is -2.19. The first kappa shape index (κ1) is 15.6. The Labute approximate surface area is 128 Å². The van der Waals surface area contributed by atoms with Gasteiger partial charge in [-0.25, -0.2) is 4.98 Å². The number of nitrogens with zero attached hydrogens (tertiary/aromatic N) is 2. The minimum Gasteiger partial charge on any atom is -0.468 e. The van der Waals surface area contributed by atoms with Crippen LogP contribution in [0.3, 0.4) is 0 Å². The number of benzene rings is 1. The summed E-state index contributed by atoms with van der Waals surface area (Å²) >= 11 is 1.31. The third-order valence-corrected chi connectivity index (χ3v) is 4.16. The first-order valence-corrected chi connectivity index (χ1v) is 7.57. The molecule has 0 saturated heterocycles. The van der Waals surface area contributed by atoms with E-state index in [1.165, 1.54) is 18.9 Å². The van der Waals surface area contributed by atoms with E-state index in [2.05, 4.69) is 9.72 Å². The number of hydrogen-bond donors (Lipinski definition) is 1. The summed E-state index contributed by atoms with van der Waals surface area (Å²) in [6.07, 6.45) is 1.64. The van der Waals surface area contributed by atoms with Crippen molar-refractivity contribution >= 4 is 17.7 Å². The number of ether oxygens (including phenoxy) is 1. The number of imidazole rings is 1. The van der Waals surface area contributed by atoms with E-state index in [1.54, 1.807) is 6.20 Å². The van der Waals surface area contributed by atoms with Crippen LogP contribution in [-0.4, -0.2) is 33.5 Å². The summed E-state index contributed by atoms with van der Waals surface area (Å²) in [6, 6.07) is 9.99. The highest BCUT2D eigenvalue weighted by atomic mass is 32.2. The standard InChI is InChI=1S/C15H18N2O3S/c1-11(12-6-4-3-5-7-12)17-13(9-18)8-16-15(17)21-10-14(19)20-2/h3-8,11,18H,9-10H2,1-2H3. The molecule has 1 aromatic carbocycles. The molecule has 0 aliphatic carbocycles. The Kier molecular flexibility index (Phi) is 5.41. The van der Waals surface area contributed by atoms with Crippen LogP contribution in [-0.2, 0) is 16.1 Å². The Hall–Kier alpha value is -1.79. The fourth-order valence-electron chi connectivity index (χ4n) is 2.08. The summed E-state index contributed by atoms with van der Waals surface area (Å²) < 4.78 is 6.59. The van der Waals surface area contributed by atoms with Crippen LogP contribution in [0.5, 0.6) is 0 Å². The highest BCUT2D eigenvalue weighted by Crippen LogP contribution is 2.27. The number of hydrogen-bond acceptors (Lipinski definition) is 5. The van der Waals surface area contributed by atoms with Gasteiger partial charge in [-0.2, -0.15) is 0 Å². The van der Waals surface area contributed by atoms with Crippen molar-refractivity contribution in [3.63, 3.8) is 0 Å². The highest BCUT2D eigenvalue weighted by Gasteiger charge is 2.18. The smallest absolute Gasteiger partial charge is 0.316 e. The number of thioether (sulfide) groups is 1. The number of carbonyl (C=O) groups is 1. The molecule has 112 valence electrons. The summed E-state index contributed by atoms with van der Waals surface area (Å²) in [6.45, 7) is 1.95. The predicted molar refractivity (Wildman–Crippen MR) is 81.1 cm³/mol. The minimum absolute atomic E-state index is 0.0241. The van der Waals surface area contributed by atoms with Gasteiger partial charge in [0.2, 0.25) is 0 Å². The molecule has 2 rings (SSSR count). The second kappa shape index (κ2) is 7.28. The summed E-state index contributed by atoms with van der Waals surface area (Å²) in [5.74, 6) is -0.104. The quantitative estimate of drug-likeness (QED) is 0.655. The summed E-state index contributed by atoms with van der Waals surface area (Å²) in [5.41, 5.74) is 1.84. The second-order valence-corrected chi connectivity index (χ2v) is 5.45. The summed E-state index contributed by atoms with van der Waals surface area (Å²) in [5, 5.41) is 10.2. The average molecular weight is 306 g/mol. The molecule has 6 heteroatoms. The molecular weight excluding hydrogens is 288 g/mol. The maximum absolute atomic E-state index is 11.3. The highest BCUT2D eigenvalue weighted by molar-refractivity contribution is 7.99. The van der Waals surface area contributed by atoms with Gasteiger partial charge in [0.25, 0.3) is 0 Å². The van der Waals surface area contributed by atoms with Gasteiger partial charge in [-0.15, -0.1) is 0 Å². The van der Waals surface area contributed by atoms with Gasteiger partial charge in [0, 0.05) is 0 Å². The normalized spacial score (nSPS) is 12.1. The zero-order valence-corrected chi connectivity index (χ0v) is 12.8. The predicted octanol–water partition coefficient (Wildman–Crippen LogP) is 2.25. The van der Waals surface area contributed by atoms with Crippen molar-refractivity contribution in [2.45, 2.75) is 24.7 Å². The molecule has 1 heterocycles. The van der Waals surface area contributed by atoms with Gasteiger partial charge in [-0.1, -0.05) is 42.1 Å². The molecule has 1 aromatic heterocycles. The third-order valence-electron chi connectivity index (χ3n) is 3.22. The van der Waals surface area contributed by atoms with Crippen LogP contribution in [0.25, 0.3) is 0 Å². The van der Waals surface area contributed by atoms with Crippen molar-refractivity contribution < 1.29 is 14.6 Å². The van der Waals surface area contributed by atoms with E-state index in [9.17, 15) is 9.90 Å². The van der Waals surface area contributed by atoms with Crippen LogP contribution in [0, 0.1) is 0 Å². The largest absolute Gasteiger partial charge is 0.468 e. The maximum Gasteiger partial charge on any atom is 0.316 e. The molecule has 21 heavy (non-hydrogen) atoms.